The van der Waals surface area contributed by atoms with Crippen LogP contribution in [-0.2, 0) is 4.79 Å². The van der Waals surface area contributed by atoms with Crippen molar-refractivity contribution in [1.29, 1.82) is 0 Å². The summed E-state index contributed by atoms with van der Waals surface area (Å²) in [6.45, 7) is 5.48. The van der Waals surface area contributed by atoms with Crippen molar-refractivity contribution < 1.29 is 14.5 Å². The average Bonchev–Trinajstić information content (AvgIpc) is 2.54. The average molecular weight is 329 g/mol. The van der Waals surface area contributed by atoms with Crippen molar-refractivity contribution in [3.63, 3.8) is 0 Å². The van der Waals surface area contributed by atoms with Gasteiger partial charge in [-0.25, -0.2) is 0 Å². The van der Waals surface area contributed by atoms with Crippen LogP contribution in [0.3, 0.4) is 0 Å². The van der Waals surface area contributed by atoms with E-state index in [1.54, 1.807) is 13.0 Å². The lowest BCUT2D eigenvalue weighted by atomic mass is 10.0. The molecular weight excluding hydrogens is 310 g/mol. The van der Waals surface area contributed by atoms with E-state index in [4.69, 9.17) is 4.74 Å². The summed E-state index contributed by atoms with van der Waals surface area (Å²) in [4.78, 5) is 26.1. The van der Waals surface area contributed by atoms with Gasteiger partial charge in [0.05, 0.1) is 0 Å². The molecule has 0 spiro atoms. The molecule has 0 fully saturated rings. The first-order valence-corrected chi connectivity index (χ1v) is 7.51. The molecular formula is C17H19N3O4. The molecule has 0 aliphatic rings. The van der Waals surface area contributed by atoms with Gasteiger partial charge >= 0.3 is 5.82 Å². The number of pyridine rings is 1. The van der Waals surface area contributed by atoms with Crippen LogP contribution < -0.4 is 10.1 Å². The molecule has 0 aliphatic carbocycles. The summed E-state index contributed by atoms with van der Waals surface area (Å²) in [5.74, 6) is -0.421. The SMILES string of the molecule is Cc1ccc(OCC(=O)Nc2ccc(C(C)C)cc2)c([N+](=O)[O-])n1. The van der Waals surface area contributed by atoms with Crippen LogP contribution >= 0.6 is 0 Å². The molecule has 7 heteroatoms. The number of carbonyl (C=O) groups excluding carboxylic acids is 1. The molecule has 1 N–H and O–H groups in total. The number of anilines is 1. The Labute approximate surface area is 139 Å². The molecule has 7 nitrogen and oxygen atoms in total. The molecule has 2 rings (SSSR count). The van der Waals surface area contributed by atoms with Crippen molar-refractivity contribution in [3.05, 3.63) is 57.8 Å². The molecule has 0 unspecified atom stereocenters. The number of benzene rings is 1. The molecule has 1 aromatic heterocycles. The molecule has 0 aliphatic heterocycles. The lowest BCUT2D eigenvalue weighted by Gasteiger charge is -2.09. The van der Waals surface area contributed by atoms with E-state index in [2.05, 4.69) is 24.1 Å². The Morgan fingerprint density at radius 3 is 2.50 bits per heavy atom. The standard InChI is InChI=1S/C17H19N3O4/c1-11(2)13-5-7-14(8-6-13)19-16(21)10-24-15-9-4-12(3)18-17(15)20(22)23/h4-9,11H,10H2,1-3H3,(H,19,21). The van der Waals surface area contributed by atoms with Gasteiger partial charge in [0, 0.05) is 12.6 Å². The van der Waals surface area contributed by atoms with E-state index in [1.807, 2.05) is 24.3 Å². The van der Waals surface area contributed by atoms with Gasteiger partial charge in [-0.2, -0.15) is 0 Å². The fourth-order valence-corrected chi connectivity index (χ4v) is 2.07. The second kappa shape index (κ2) is 7.54. The van der Waals surface area contributed by atoms with Crippen LogP contribution in [0.1, 0.15) is 31.0 Å². The second-order valence-electron chi connectivity index (χ2n) is 5.65. The summed E-state index contributed by atoms with van der Waals surface area (Å²) >= 11 is 0. The summed E-state index contributed by atoms with van der Waals surface area (Å²) in [5.41, 5.74) is 2.32. The molecule has 0 atom stereocenters. The van der Waals surface area contributed by atoms with E-state index < -0.39 is 16.6 Å². The number of hydrogen-bond acceptors (Lipinski definition) is 5. The topological polar surface area (TPSA) is 94.4 Å². The van der Waals surface area contributed by atoms with Crippen LogP contribution in [-0.4, -0.2) is 22.4 Å². The van der Waals surface area contributed by atoms with Crippen LogP contribution in [0.5, 0.6) is 5.75 Å². The van der Waals surface area contributed by atoms with Crippen molar-refractivity contribution >= 4 is 17.4 Å². The first-order valence-electron chi connectivity index (χ1n) is 7.51. The molecule has 1 amide bonds. The number of amides is 1. The number of rotatable bonds is 6. The van der Waals surface area contributed by atoms with Gasteiger partial charge in [0.1, 0.15) is 5.69 Å². The Balaban J connectivity index is 1.97. The lowest BCUT2D eigenvalue weighted by molar-refractivity contribution is -0.390. The molecule has 1 aromatic carbocycles. The minimum atomic E-state index is -0.634. The first kappa shape index (κ1) is 17.4. The number of aryl methyl sites for hydroxylation is 1. The molecule has 0 saturated carbocycles. The number of nitrogens with zero attached hydrogens (tertiary/aromatic N) is 2. The zero-order chi connectivity index (χ0) is 17.7. The number of nitrogens with one attached hydrogen (secondary N) is 1. The van der Waals surface area contributed by atoms with Crippen molar-refractivity contribution in [1.82, 2.24) is 4.98 Å². The van der Waals surface area contributed by atoms with Gasteiger partial charge < -0.3 is 20.2 Å². The van der Waals surface area contributed by atoms with Gasteiger partial charge in [-0.1, -0.05) is 26.0 Å². The Bertz CT molecular complexity index is 742. The van der Waals surface area contributed by atoms with Crippen LogP contribution in [0.25, 0.3) is 0 Å². The normalized spacial score (nSPS) is 10.5. The van der Waals surface area contributed by atoms with E-state index in [1.165, 1.54) is 11.6 Å². The highest BCUT2D eigenvalue weighted by Crippen LogP contribution is 2.24. The van der Waals surface area contributed by atoms with Crippen molar-refractivity contribution in [2.24, 2.45) is 0 Å². The Morgan fingerprint density at radius 1 is 1.25 bits per heavy atom. The Kier molecular flexibility index (Phi) is 5.47. The Morgan fingerprint density at radius 2 is 1.92 bits per heavy atom. The largest absolute Gasteiger partial charge is 0.476 e. The third-order valence-electron chi connectivity index (χ3n) is 3.37. The summed E-state index contributed by atoms with van der Waals surface area (Å²) < 4.78 is 5.23. The zero-order valence-electron chi connectivity index (χ0n) is 13.8. The smallest absolute Gasteiger partial charge is 0.406 e. The third-order valence-corrected chi connectivity index (χ3v) is 3.37. The van der Waals surface area contributed by atoms with Gasteiger partial charge in [0.15, 0.2) is 6.61 Å². The molecule has 1 heterocycles. The predicted molar refractivity (Wildman–Crippen MR) is 90.3 cm³/mol. The highest BCUT2D eigenvalue weighted by atomic mass is 16.6. The predicted octanol–water partition coefficient (Wildman–Crippen LogP) is 3.44. The van der Waals surface area contributed by atoms with Crippen molar-refractivity contribution in [3.8, 4) is 5.75 Å². The monoisotopic (exact) mass is 329 g/mol. The molecule has 2 aromatic rings. The van der Waals surface area contributed by atoms with Gasteiger partial charge in [-0.05, 0) is 45.7 Å². The maximum atomic E-state index is 11.9. The lowest BCUT2D eigenvalue weighted by Crippen LogP contribution is -2.20. The first-order chi connectivity index (χ1) is 11.4. The molecule has 24 heavy (non-hydrogen) atoms. The minimum absolute atomic E-state index is 0.0316. The maximum Gasteiger partial charge on any atom is 0.406 e. The van der Waals surface area contributed by atoms with E-state index in [0.29, 0.717) is 17.3 Å². The van der Waals surface area contributed by atoms with Gasteiger partial charge in [-0.15, -0.1) is 0 Å². The highest BCUT2D eigenvalue weighted by Gasteiger charge is 2.18. The highest BCUT2D eigenvalue weighted by molar-refractivity contribution is 5.91. The summed E-state index contributed by atoms with van der Waals surface area (Å²) in [5, 5.41) is 13.6. The summed E-state index contributed by atoms with van der Waals surface area (Å²) in [7, 11) is 0. The van der Waals surface area contributed by atoms with Crippen LogP contribution in [0, 0.1) is 17.0 Å². The maximum absolute atomic E-state index is 11.9. The molecule has 126 valence electrons. The number of aromatic nitrogens is 1. The zero-order valence-corrected chi connectivity index (χ0v) is 13.8. The van der Waals surface area contributed by atoms with Gasteiger partial charge in [-0.3, -0.25) is 4.79 Å². The van der Waals surface area contributed by atoms with Crippen LogP contribution in [0.2, 0.25) is 0 Å². The second-order valence-corrected chi connectivity index (χ2v) is 5.65. The van der Waals surface area contributed by atoms with Gasteiger partial charge in [0.2, 0.25) is 5.75 Å². The fraction of sp³-hybridized carbons (Fsp3) is 0.294. The molecule has 0 radical (unpaired) electrons. The van der Waals surface area contributed by atoms with E-state index in [0.717, 1.165) is 0 Å². The number of hydrogen-bond donors (Lipinski definition) is 1. The van der Waals surface area contributed by atoms with Crippen molar-refractivity contribution in [2.45, 2.75) is 26.7 Å². The van der Waals surface area contributed by atoms with Crippen molar-refractivity contribution in [2.75, 3.05) is 11.9 Å². The summed E-state index contributed by atoms with van der Waals surface area (Å²) in [6, 6.07) is 10.5. The third kappa shape index (κ3) is 4.52. The van der Waals surface area contributed by atoms with Gasteiger partial charge in [0.25, 0.3) is 5.91 Å². The summed E-state index contributed by atoms with van der Waals surface area (Å²) in [6.07, 6.45) is 0. The van der Waals surface area contributed by atoms with E-state index >= 15 is 0 Å². The van der Waals surface area contributed by atoms with E-state index in [9.17, 15) is 14.9 Å². The van der Waals surface area contributed by atoms with E-state index in [-0.39, 0.29) is 12.4 Å². The van der Waals surface area contributed by atoms with Crippen LogP contribution in [0.4, 0.5) is 11.5 Å². The fourth-order valence-electron chi connectivity index (χ4n) is 2.07. The Hall–Kier alpha value is -2.96. The minimum Gasteiger partial charge on any atom is -0.476 e. The number of carbonyl (C=O) groups is 1. The number of ether oxygens (including phenoxy) is 1. The molecule has 0 saturated heterocycles. The van der Waals surface area contributed by atoms with Crippen LogP contribution in [0.15, 0.2) is 36.4 Å². The quantitative estimate of drug-likeness (QED) is 0.647. The number of nitro groups is 1. The molecule has 0 bridgehead atoms.